The van der Waals surface area contributed by atoms with Crippen molar-refractivity contribution in [1.82, 2.24) is 15.3 Å². The van der Waals surface area contributed by atoms with Crippen LogP contribution in [0.2, 0.25) is 10.3 Å². The Labute approximate surface area is 225 Å². The Morgan fingerprint density at radius 2 is 1.84 bits per heavy atom. The van der Waals surface area contributed by atoms with Gasteiger partial charge in [-0.25, -0.2) is 14.4 Å². The fourth-order valence-electron chi connectivity index (χ4n) is 6.55. The molecule has 1 saturated heterocycles. The van der Waals surface area contributed by atoms with Gasteiger partial charge in [0, 0.05) is 35.1 Å². The van der Waals surface area contributed by atoms with Crippen LogP contribution in [-0.4, -0.2) is 39.0 Å². The molecule has 10 heteroatoms. The van der Waals surface area contributed by atoms with E-state index in [4.69, 9.17) is 27.9 Å². The summed E-state index contributed by atoms with van der Waals surface area (Å²) in [6.45, 7) is 9.71. The molecule has 0 aromatic carbocycles. The molecule has 1 saturated carbocycles. The molecule has 2 aromatic heterocycles. The molecule has 7 nitrogen and oxygen atoms in total. The van der Waals surface area contributed by atoms with Crippen molar-refractivity contribution in [2.24, 2.45) is 5.41 Å². The van der Waals surface area contributed by atoms with Crippen LogP contribution in [0.3, 0.4) is 0 Å². The summed E-state index contributed by atoms with van der Waals surface area (Å²) in [5.74, 6) is -2.63. The van der Waals surface area contributed by atoms with E-state index in [1.54, 1.807) is 33.0 Å². The first kappa shape index (κ1) is 26.3. The fraction of sp³-hybridized carbons (Fsp3) is 0.556. The topological polar surface area (TPSA) is 93.2 Å². The van der Waals surface area contributed by atoms with Crippen molar-refractivity contribution in [2.75, 3.05) is 5.32 Å². The average molecular weight is 549 g/mol. The van der Waals surface area contributed by atoms with E-state index in [1.165, 1.54) is 12.3 Å². The number of anilines is 1. The number of nitrogens with one attached hydrogen (secondary N) is 2. The zero-order chi connectivity index (χ0) is 27.0. The molecule has 2 fully saturated rings. The number of hydrogen-bond acceptors (Lipinski definition) is 6. The van der Waals surface area contributed by atoms with Crippen molar-refractivity contribution in [3.8, 4) is 0 Å². The molecule has 2 N–H and O–H groups in total. The maximum absolute atomic E-state index is 15.8. The molecule has 2 spiro atoms. The predicted molar refractivity (Wildman–Crippen MR) is 139 cm³/mol. The number of ether oxygens (including phenoxy) is 1. The highest BCUT2D eigenvalue weighted by Crippen LogP contribution is 2.64. The number of aromatic nitrogens is 2. The van der Waals surface area contributed by atoms with E-state index in [1.807, 2.05) is 0 Å². The van der Waals surface area contributed by atoms with Gasteiger partial charge in [0.1, 0.15) is 22.2 Å². The van der Waals surface area contributed by atoms with E-state index >= 15 is 4.39 Å². The highest BCUT2D eigenvalue weighted by Gasteiger charge is 2.73. The molecule has 0 radical (unpaired) electrons. The molecule has 4 heterocycles. The summed E-state index contributed by atoms with van der Waals surface area (Å²) in [6, 6.07) is 2.06. The molecule has 1 amide bonds. The number of pyridine rings is 2. The molecule has 0 unspecified atom stereocenters. The Morgan fingerprint density at radius 1 is 1.16 bits per heavy atom. The Balaban J connectivity index is 1.81. The van der Waals surface area contributed by atoms with E-state index in [2.05, 4.69) is 34.4 Å². The summed E-state index contributed by atoms with van der Waals surface area (Å²) in [4.78, 5) is 36.3. The van der Waals surface area contributed by atoms with Crippen LogP contribution >= 0.6 is 23.2 Å². The molecule has 1 aliphatic carbocycles. The summed E-state index contributed by atoms with van der Waals surface area (Å²) in [7, 11) is 0. The van der Waals surface area contributed by atoms with Gasteiger partial charge in [0.15, 0.2) is 11.0 Å². The number of esters is 1. The first-order valence-electron chi connectivity index (χ1n) is 12.5. The summed E-state index contributed by atoms with van der Waals surface area (Å²) < 4.78 is 21.6. The van der Waals surface area contributed by atoms with Crippen LogP contribution in [0.15, 0.2) is 24.5 Å². The summed E-state index contributed by atoms with van der Waals surface area (Å²) in [6.07, 6.45) is 5.75. The quantitative estimate of drug-likeness (QED) is 0.377. The third kappa shape index (κ3) is 4.03. The lowest BCUT2D eigenvalue weighted by Gasteiger charge is -2.50. The zero-order valence-corrected chi connectivity index (χ0v) is 23.1. The molecule has 0 bridgehead atoms. The number of nitrogens with zero attached hydrogens (tertiary/aromatic N) is 2. The van der Waals surface area contributed by atoms with Gasteiger partial charge in [-0.3, -0.25) is 14.9 Å². The zero-order valence-electron chi connectivity index (χ0n) is 21.5. The van der Waals surface area contributed by atoms with Crippen LogP contribution in [0, 0.1) is 11.2 Å². The minimum atomic E-state index is -1.37. The molecule has 37 heavy (non-hydrogen) atoms. The lowest BCUT2D eigenvalue weighted by Crippen LogP contribution is -2.61. The molecular formula is C27H31Cl2FN4O3. The lowest BCUT2D eigenvalue weighted by molar-refractivity contribution is -0.157. The number of halogens is 3. The normalized spacial score (nSPS) is 27.8. The van der Waals surface area contributed by atoms with Gasteiger partial charge in [-0.05, 0) is 69.6 Å². The van der Waals surface area contributed by atoms with Gasteiger partial charge in [-0.15, -0.1) is 0 Å². The third-order valence-electron chi connectivity index (χ3n) is 8.22. The number of rotatable bonds is 2. The lowest BCUT2D eigenvalue weighted by atomic mass is 9.53. The Hall–Kier alpha value is -2.29. The van der Waals surface area contributed by atoms with Crippen LogP contribution in [0.1, 0.15) is 77.3 Å². The molecule has 3 atom stereocenters. The highest BCUT2D eigenvalue weighted by molar-refractivity contribution is 6.30. The summed E-state index contributed by atoms with van der Waals surface area (Å²) >= 11 is 12.3. The molecule has 2 aliphatic heterocycles. The number of carbonyl (C=O) groups excluding carboxylic acids is 2. The van der Waals surface area contributed by atoms with Crippen LogP contribution < -0.4 is 10.6 Å². The second kappa shape index (κ2) is 8.61. The van der Waals surface area contributed by atoms with Gasteiger partial charge in [0.25, 0.3) is 0 Å². The molecule has 2 aromatic rings. The van der Waals surface area contributed by atoms with Crippen molar-refractivity contribution < 1.29 is 18.7 Å². The van der Waals surface area contributed by atoms with Crippen molar-refractivity contribution in [1.29, 1.82) is 0 Å². The standard InChI is InChI=1S/C27H31Cl2FN4O3/c1-24(2,3)37-22(35)20-18(14-6-11-31-21(29)19(14)30)27(26(34-20)9-7-25(4,5)8-10-26)15-13-32-17(28)12-16(15)33-23(27)36/h6,11-13,18,20,34H,7-10H2,1-5H3,(H,33,36)/t18-,20+,27+/m0/s1. The maximum atomic E-state index is 15.8. The Morgan fingerprint density at radius 3 is 2.49 bits per heavy atom. The number of carbonyl (C=O) groups is 2. The largest absolute Gasteiger partial charge is 0.459 e. The van der Waals surface area contributed by atoms with Gasteiger partial charge in [0.2, 0.25) is 5.91 Å². The Kier molecular flexibility index (Phi) is 6.13. The van der Waals surface area contributed by atoms with E-state index in [9.17, 15) is 9.59 Å². The van der Waals surface area contributed by atoms with Crippen molar-refractivity contribution in [3.63, 3.8) is 0 Å². The van der Waals surface area contributed by atoms with E-state index in [0.717, 1.165) is 12.8 Å². The second-order valence-corrected chi connectivity index (χ2v) is 12.9. The summed E-state index contributed by atoms with van der Waals surface area (Å²) in [5, 5.41) is 6.43. The van der Waals surface area contributed by atoms with Gasteiger partial charge >= 0.3 is 5.97 Å². The van der Waals surface area contributed by atoms with Crippen LogP contribution in [0.25, 0.3) is 0 Å². The van der Waals surface area contributed by atoms with Gasteiger partial charge in [-0.1, -0.05) is 37.0 Å². The second-order valence-electron chi connectivity index (χ2n) is 12.2. The van der Waals surface area contributed by atoms with E-state index in [-0.39, 0.29) is 27.2 Å². The first-order chi connectivity index (χ1) is 17.2. The van der Waals surface area contributed by atoms with Gasteiger partial charge < -0.3 is 10.1 Å². The van der Waals surface area contributed by atoms with E-state index < -0.39 is 40.3 Å². The number of fused-ring (bicyclic) bond motifs is 3. The fourth-order valence-corrected chi connectivity index (χ4v) is 6.88. The summed E-state index contributed by atoms with van der Waals surface area (Å²) in [5.41, 5.74) is -1.77. The van der Waals surface area contributed by atoms with E-state index in [0.29, 0.717) is 24.1 Å². The Bertz CT molecular complexity index is 1280. The van der Waals surface area contributed by atoms with Gasteiger partial charge in [0.05, 0.1) is 0 Å². The van der Waals surface area contributed by atoms with Crippen molar-refractivity contribution in [3.05, 3.63) is 51.8 Å². The first-order valence-corrected chi connectivity index (χ1v) is 13.2. The van der Waals surface area contributed by atoms with Crippen LogP contribution in [-0.2, 0) is 19.7 Å². The van der Waals surface area contributed by atoms with Gasteiger partial charge in [-0.2, -0.15) is 0 Å². The molecule has 3 aliphatic rings. The smallest absolute Gasteiger partial charge is 0.324 e. The minimum absolute atomic E-state index is 0.0506. The van der Waals surface area contributed by atoms with Crippen molar-refractivity contribution >= 4 is 40.8 Å². The minimum Gasteiger partial charge on any atom is -0.459 e. The van der Waals surface area contributed by atoms with Crippen LogP contribution in [0.4, 0.5) is 10.1 Å². The molecular weight excluding hydrogens is 518 g/mol. The van der Waals surface area contributed by atoms with Crippen molar-refractivity contribution in [2.45, 2.75) is 88.8 Å². The SMILES string of the molecule is CC1(C)CCC2(CC1)N[C@@H](C(=O)OC(C)(C)C)[C@H](c1ccnc(Cl)c1F)[C@]21C(=O)Nc2cc(Cl)ncc21. The van der Waals surface area contributed by atoms with Crippen LogP contribution in [0.5, 0.6) is 0 Å². The highest BCUT2D eigenvalue weighted by atomic mass is 35.5. The third-order valence-corrected chi connectivity index (χ3v) is 8.69. The average Bonchev–Trinajstić information content (AvgIpc) is 3.25. The predicted octanol–water partition coefficient (Wildman–Crippen LogP) is 5.55. The number of hydrogen-bond donors (Lipinski definition) is 2. The maximum Gasteiger partial charge on any atom is 0.324 e. The molecule has 198 valence electrons. The number of amides is 1. The molecule has 5 rings (SSSR count). The monoisotopic (exact) mass is 548 g/mol.